The van der Waals surface area contributed by atoms with Gasteiger partial charge in [0.05, 0.1) is 17.5 Å². The van der Waals surface area contributed by atoms with E-state index in [-0.39, 0.29) is 4.90 Å². The first-order chi connectivity index (χ1) is 12.0. The number of hydrogen-bond donors (Lipinski definition) is 1. The fourth-order valence-corrected chi connectivity index (χ4v) is 4.37. The lowest BCUT2D eigenvalue weighted by Crippen LogP contribution is -2.41. The molecule has 0 amide bonds. The van der Waals surface area contributed by atoms with Gasteiger partial charge < -0.3 is 4.74 Å². The maximum absolute atomic E-state index is 13.0. The second-order valence-corrected chi connectivity index (χ2v) is 8.12. The lowest BCUT2D eigenvalue weighted by atomic mass is 10.2. The Morgan fingerprint density at radius 3 is 2.32 bits per heavy atom. The number of ether oxygens (including phenoxy) is 1. The lowest BCUT2D eigenvalue weighted by Gasteiger charge is -2.26. The third kappa shape index (κ3) is 6.58. The van der Waals surface area contributed by atoms with Gasteiger partial charge in [-0.3, -0.25) is 0 Å². The van der Waals surface area contributed by atoms with Crippen LogP contribution in [-0.4, -0.2) is 37.7 Å². The van der Waals surface area contributed by atoms with Gasteiger partial charge in [0, 0.05) is 12.3 Å². The van der Waals surface area contributed by atoms with Gasteiger partial charge in [-0.2, -0.15) is 16.9 Å². The van der Waals surface area contributed by atoms with E-state index < -0.39 is 16.1 Å². The number of benzene rings is 1. The molecule has 0 unspecified atom stereocenters. The summed E-state index contributed by atoms with van der Waals surface area (Å²) in [5, 5.41) is 0. The largest absolute Gasteiger partial charge is 0.494 e. The van der Waals surface area contributed by atoms with Gasteiger partial charge >= 0.3 is 0 Å². The van der Waals surface area contributed by atoms with Gasteiger partial charge in [0.2, 0.25) is 10.0 Å². The zero-order chi connectivity index (χ0) is 18.7. The summed E-state index contributed by atoms with van der Waals surface area (Å²) >= 11 is 4.22. The van der Waals surface area contributed by atoms with E-state index in [1.54, 1.807) is 24.3 Å². The quantitative estimate of drug-likeness (QED) is 0.337. The topological polar surface area (TPSA) is 46.6 Å². The molecule has 0 aliphatic rings. The first-order valence-electron chi connectivity index (χ1n) is 8.82. The average molecular weight is 384 g/mol. The predicted octanol–water partition coefficient (Wildman–Crippen LogP) is 3.98. The van der Waals surface area contributed by atoms with Crippen molar-refractivity contribution in [3.05, 3.63) is 24.3 Å². The third-order valence-electron chi connectivity index (χ3n) is 3.89. The highest BCUT2D eigenvalue weighted by atomic mass is 32.2. The van der Waals surface area contributed by atoms with Crippen LogP contribution in [0, 0.1) is 12.3 Å². The van der Waals surface area contributed by atoms with E-state index in [4.69, 9.17) is 11.2 Å². The van der Waals surface area contributed by atoms with Crippen LogP contribution in [0.3, 0.4) is 0 Å². The number of thiol groups is 1. The average Bonchev–Trinajstić information content (AvgIpc) is 2.62. The Hall–Kier alpha value is -1.16. The molecule has 1 aromatic rings. The molecule has 4 nitrogen and oxygen atoms in total. The molecule has 0 aromatic heterocycles. The molecule has 0 spiro atoms. The van der Waals surface area contributed by atoms with Crippen molar-refractivity contribution in [2.75, 3.05) is 18.9 Å². The van der Waals surface area contributed by atoms with Crippen molar-refractivity contribution in [2.45, 2.75) is 56.9 Å². The molecule has 0 heterocycles. The van der Waals surface area contributed by atoms with Crippen molar-refractivity contribution >= 4 is 22.7 Å². The third-order valence-corrected chi connectivity index (χ3v) is 6.16. The maximum Gasteiger partial charge on any atom is 0.244 e. The van der Waals surface area contributed by atoms with Crippen molar-refractivity contribution in [2.24, 2.45) is 0 Å². The highest BCUT2D eigenvalue weighted by Crippen LogP contribution is 2.22. The summed E-state index contributed by atoms with van der Waals surface area (Å²) in [6.45, 7) is 5.20. The molecule has 0 radical (unpaired) electrons. The second-order valence-electron chi connectivity index (χ2n) is 5.86. The van der Waals surface area contributed by atoms with Gasteiger partial charge in [0.25, 0.3) is 0 Å². The van der Waals surface area contributed by atoms with Crippen LogP contribution in [0.4, 0.5) is 0 Å². The number of hydrogen-bond acceptors (Lipinski definition) is 4. The molecule has 1 atom stereocenters. The molecule has 0 saturated carbocycles. The first-order valence-corrected chi connectivity index (χ1v) is 10.9. The van der Waals surface area contributed by atoms with E-state index in [0.29, 0.717) is 24.7 Å². The highest BCUT2D eigenvalue weighted by Gasteiger charge is 2.29. The molecule has 25 heavy (non-hydrogen) atoms. The Balaban J connectivity index is 2.97. The van der Waals surface area contributed by atoms with E-state index in [2.05, 4.69) is 32.4 Å². The van der Waals surface area contributed by atoms with Crippen LogP contribution in [0.15, 0.2) is 29.2 Å². The van der Waals surface area contributed by atoms with Gasteiger partial charge in [0.1, 0.15) is 5.75 Å². The van der Waals surface area contributed by atoms with E-state index >= 15 is 0 Å². The van der Waals surface area contributed by atoms with Crippen molar-refractivity contribution < 1.29 is 13.2 Å². The maximum atomic E-state index is 13.0. The van der Waals surface area contributed by atoms with Gasteiger partial charge in [-0.1, -0.05) is 39.0 Å². The van der Waals surface area contributed by atoms with Crippen LogP contribution < -0.4 is 4.74 Å². The molecule has 0 N–H and O–H groups in total. The molecule has 1 aromatic carbocycles. The van der Waals surface area contributed by atoms with Crippen LogP contribution in [0.25, 0.3) is 0 Å². The molecule has 1 rings (SSSR count). The molecule has 0 fully saturated rings. The van der Waals surface area contributed by atoms with Gasteiger partial charge in [0.15, 0.2) is 0 Å². The fraction of sp³-hybridized carbons (Fsp3) is 0.579. The summed E-state index contributed by atoms with van der Waals surface area (Å²) in [7, 11) is -3.66. The Labute approximate surface area is 158 Å². The van der Waals surface area contributed by atoms with Crippen LogP contribution in [0.2, 0.25) is 0 Å². The minimum atomic E-state index is -3.66. The van der Waals surface area contributed by atoms with Crippen molar-refractivity contribution in [3.63, 3.8) is 0 Å². The Bertz CT molecular complexity index is 636. The minimum absolute atomic E-state index is 0.230. The van der Waals surface area contributed by atoms with Crippen molar-refractivity contribution in [1.82, 2.24) is 4.31 Å². The highest BCUT2D eigenvalue weighted by molar-refractivity contribution is 7.89. The van der Waals surface area contributed by atoms with Crippen LogP contribution >= 0.6 is 12.6 Å². The number of terminal acetylenes is 1. The Kier molecular flexibility index (Phi) is 10.0. The SMILES string of the molecule is C#C[C@H](CS)N(CCCCC)S(=O)(=O)c1ccc(OCCCC)cc1. The molecular formula is C19H29NO3S2. The summed E-state index contributed by atoms with van der Waals surface area (Å²) in [5.74, 6) is 3.51. The van der Waals surface area contributed by atoms with Crippen LogP contribution in [-0.2, 0) is 10.0 Å². The normalized spacial score (nSPS) is 12.8. The minimum Gasteiger partial charge on any atom is -0.494 e. The van der Waals surface area contributed by atoms with Crippen LogP contribution in [0.1, 0.15) is 46.0 Å². The summed E-state index contributed by atoms with van der Waals surface area (Å²) < 4.78 is 33.0. The van der Waals surface area contributed by atoms with E-state index in [9.17, 15) is 8.42 Å². The predicted molar refractivity (Wildman–Crippen MR) is 107 cm³/mol. The number of unbranched alkanes of at least 4 members (excludes halogenated alkanes) is 3. The summed E-state index contributed by atoms with van der Waals surface area (Å²) in [4.78, 5) is 0.230. The molecule has 0 aliphatic carbocycles. The van der Waals surface area contributed by atoms with E-state index in [1.165, 1.54) is 4.31 Å². The van der Waals surface area contributed by atoms with Crippen LogP contribution in [0.5, 0.6) is 5.75 Å². The monoisotopic (exact) mass is 383 g/mol. The van der Waals surface area contributed by atoms with Gasteiger partial charge in [-0.25, -0.2) is 8.42 Å². The molecule has 140 valence electrons. The summed E-state index contributed by atoms with van der Waals surface area (Å²) in [5.41, 5.74) is 0. The number of rotatable bonds is 12. The van der Waals surface area contributed by atoms with Gasteiger partial charge in [-0.15, -0.1) is 6.42 Å². The van der Waals surface area contributed by atoms with E-state index in [0.717, 1.165) is 32.1 Å². The zero-order valence-corrected chi connectivity index (χ0v) is 16.9. The van der Waals surface area contributed by atoms with Crippen molar-refractivity contribution in [1.29, 1.82) is 0 Å². The second kappa shape index (κ2) is 11.5. The van der Waals surface area contributed by atoms with E-state index in [1.807, 2.05) is 0 Å². The zero-order valence-electron chi connectivity index (χ0n) is 15.1. The molecule has 0 bridgehead atoms. The summed E-state index contributed by atoms with van der Waals surface area (Å²) in [6, 6.07) is 5.99. The Morgan fingerprint density at radius 2 is 1.80 bits per heavy atom. The molecule has 0 aliphatic heterocycles. The molecule has 0 saturated heterocycles. The first kappa shape index (κ1) is 21.9. The summed E-state index contributed by atoms with van der Waals surface area (Å²) in [6.07, 6.45) is 10.3. The molecule has 6 heteroatoms. The standard InChI is InChI=1S/C19H29NO3S2/c1-4-7-9-14-20(17(6-3)16-24)25(21,22)19-12-10-18(11-13-19)23-15-8-5-2/h3,10-13,17,24H,4-5,7-9,14-16H2,1-2H3/t17-/m1/s1. The van der Waals surface area contributed by atoms with Crippen molar-refractivity contribution in [3.8, 4) is 18.1 Å². The number of nitrogens with zero attached hydrogens (tertiary/aromatic N) is 1. The fourth-order valence-electron chi connectivity index (χ4n) is 2.37. The van der Waals surface area contributed by atoms with Gasteiger partial charge in [-0.05, 0) is 37.1 Å². The molecular weight excluding hydrogens is 354 g/mol. The smallest absolute Gasteiger partial charge is 0.244 e. The lowest BCUT2D eigenvalue weighted by molar-refractivity contribution is 0.309. The Morgan fingerprint density at radius 1 is 1.16 bits per heavy atom. The number of sulfonamides is 1.